The number of anilines is 1. The van der Waals surface area contributed by atoms with Gasteiger partial charge in [-0.1, -0.05) is 66.0 Å². The van der Waals surface area contributed by atoms with Gasteiger partial charge in [0.15, 0.2) is 17.1 Å². The van der Waals surface area contributed by atoms with Crippen LogP contribution < -0.4 is 16.0 Å². The van der Waals surface area contributed by atoms with Gasteiger partial charge in [-0.15, -0.1) is 0 Å². The summed E-state index contributed by atoms with van der Waals surface area (Å²) in [6.45, 7) is 9.16. The van der Waals surface area contributed by atoms with Crippen molar-refractivity contribution in [1.29, 1.82) is 0 Å². The van der Waals surface area contributed by atoms with Gasteiger partial charge in [-0.05, 0) is 47.3 Å². The van der Waals surface area contributed by atoms with E-state index in [9.17, 15) is 24.3 Å². The van der Waals surface area contributed by atoms with Crippen LogP contribution in [0.25, 0.3) is 11.6 Å². The number of ether oxygens (including phenoxy) is 1. The maximum atomic E-state index is 14.6. The van der Waals surface area contributed by atoms with Crippen LogP contribution >= 0.6 is 0 Å². The van der Waals surface area contributed by atoms with E-state index < -0.39 is 46.8 Å². The molecule has 13 heteroatoms. The molecule has 0 unspecified atom stereocenters. The number of carbonyl (C=O) groups excluding carboxylic acids is 4. The maximum absolute atomic E-state index is 14.6. The molecular formula is C35H43N5O8. The molecule has 4 bridgehead atoms. The van der Waals surface area contributed by atoms with E-state index in [0.29, 0.717) is 16.8 Å². The van der Waals surface area contributed by atoms with Crippen LogP contribution in [0.2, 0.25) is 0 Å². The highest BCUT2D eigenvalue weighted by molar-refractivity contribution is 6.09. The number of amides is 3. The molecule has 3 aliphatic rings. The summed E-state index contributed by atoms with van der Waals surface area (Å²) in [5.41, 5.74) is 0.0227. The first-order chi connectivity index (χ1) is 22.7. The predicted octanol–water partition coefficient (Wildman–Crippen LogP) is 4.20. The lowest BCUT2D eigenvalue weighted by molar-refractivity contribution is -0.136. The number of benzene rings is 1. The van der Waals surface area contributed by atoms with Crippen LogP contribution in [0.15, 0.2) is 33.3 Å². The molecule has 256 valence electrons. The fourth-order valence-electron chi connectivity index (χ4n) is 7.20. The molecule has 6 rings (SSSR count). The van der Waals surface area contributed by atoms with E-state index in [2.05, 4.69) is 20.9 Å². The number of aliphatic hydroxyl groups is 1. The molecular weight excluding hydrogens is 618 g/mol. The van der Waals surface area contributed by atoms with Crippen LogP contribution in [0.5, 0.6) is 0 Å². The van der Waals surface area contributed by atoms with Crippen molar-refractivity contribution < 1.29 is 37.9 Å². The molecule has 4 heterocycles. The van der Waals surface area contributed by atoms with Gasteiger partial charge >= 0.3 is 5.97 Å². The topological polar surface area (TPSA) is 186 Å². The molecule has 13 nitrogen and oxygen atoms in total. The summed E-state index contributed by atoms with van der Waals surface area (Å²) < 4.78 is 17.4. The zero-order chi connectivity index (χ0) is 34.5. The molecule has 48 heavy (non-hydrogen) atoms. The normalized spacial score (nSPS) is 23.5. The summed E-state index contributed by atoms with van der Waals surface area (Å²) >= 11 is 0. The Balaban J connectivity index is 1.61. The van der Waals surface area contributed by atoms with Crippen molar-refractivity contribution in [2.45, 2.75) is 96.7 Å². The largest absolute Gasteiger partial charge is 0.464 e. The van der Waals surface area contributed by atoms with E-state index in [-0.39, 0.29) is 53.1 Å². The molecule has 3 aromatic rings. The van der Waals surface area contributed by atoms with E-state index in [1.807, 2.05) is 32.9 Å². The van der Waals surface area contributed by atoms with Crippen LogP contribution in [0.3, 0.4) is 0 Å². The third kappa shape index (κ3) is 5.67. The average molecular weight is 662 g/mol. The number of nitrogens with one attached hydrogen (secondary N) is 3. The van der Waals surface area contributed by atoms with E-state index in [1.165, 1.54) is 13.4 Å². The minimum atomic E-state index is -1.34. The number of esters is 1. The summed E-state index contributed by atoms with van der Waals surface area (Å²) in [7, 11) is 1.24. The molecule has 4 atom stereocenters. The van der Waals surface area contributed by atoms with Crippen molar-refractivity contribution in [3.05, 3.63) is 52.9 Å². The Morgan fingerprint density at radius 2 is 1.85 bits per heavy atom. The Hall–Kier alpha value is -4.52. The molecule has 3 amide bonds. The second-order valence-corrected chi connectivity index (χ2v) is 14.5. The standard InChI is InChI=1S/C35H43N5O8/c1-17(2)25(41)29(43)36-22-15-18-12-13-21-20(14-18)35(33(45)38-21,19-10-8-7-9-11-19)27-24(30-37-23(16-47-30)32(44)46-6)39-31(48-27)26(34(3,4)5)40-28(22)42/h12-14,16-17,19,22,25-26,41H,7-11,15H2,1-6H3,(H,36,43)(H,38,45)(H,40,42)/t22-,25-,26+,35-/m0/s1. The van der Waals surface area contributed by atoms with Crippen LogP contribution in [0.1, 0.15) is 106 Å². The number of nitrogens with zero attached hydrogens (tertiary/aromatic N) is 2. The van der Waals surface area contributed by atoms with E-state index in [4.69, 9.17) is 18.6 Å². The Morgan fingerprint density at radius 3 is 2.52 bits per heavy atom. The molecule has 1 saturated carbocycles. The number of oxazole rings is 2. The summed E-state index contributed by atoms with van der Waals surface area (Å²) in [6.07, 6.45) is 4.33. The highest BCUT2D eigenvalue weighted by Crippen LogP contribution is 2.55. The minimum absolute atomic E-state index is 0.0327. The third-order valence-electron chi connectivity index (χ3n) is 9.81. The van der Waals surface area contributed by atoms with Crippen molar-refractivity contribution in [2.75, 3.05) is 12.4 Å². The predicted molar refractivity (Wildman–Crippen MR) is 173 cm³/mol. The first-order valence-electron chi connectivity index (χ1n) is 16.5. The molecule has 2 aliphatic heterocycles. The number of hydrogen-bond acceptors (Lipinski definition) is 10. The maximum Gasteiger partial charge on any atom is 0.360 e. The summed E-state index contributed by atoms with van der Waals surface area (Å²) in [5, 5.41) is 19.4. The lowest BCUT2D eigenvalue weighted by Gasteiger charge is -2.37. The van der Waals surface area contributed by atoms with Gasteiger partial charge in [0.2, 0.25) is 29.5 Å². The Morgan fingerprint density at radius 1 is 1.12 bits per heavy atom. The van der Waals surface area contributed by atoms with Gasteiger partial charge in [-0.2, -0.15) is 0 Å². The first kappa shape index (κ1) is 33.4. The van der Waals surface area contributed by atoms with Crippen molar-refractivity contribution >= 4 is 29.4 Å². The Labute approximate surface area is 278 Å². The van der Waals surface area contributed by atoms with Crippen molar-refractivity contribution in [3.63, 3.8) is 0 Å². The number of hydrogen-bond donors (Lipinski definition) is 4. The summed E-state index contributed by atoms with van der Waals surface area (Å²) in [5.74, 6) is -2.38. The Kier molecular flexibility index (Phi) is 8.69. The van der Waals surface area contributed by atoms with Gasteiger partial charge in [-0.3, -0.25) is 14.4 Å². The zero-order valence-corrected chi connectivity index (χ0v) is 28.1. The van der Waals surface area contributed by atoms with E-state index >= 15 is 0 Å². The second kappa shape index (κ2) is 12.5. The zero-order valence-electron chi connectivity index (χ0n) is 28.1. The summed E-state index contributed by atoms with van der Waals surface area (Å²) in [6, 6.07) is 3.60. The number of aliphatic hydroxyl groups excluding tert-OH is 1. The first-order valence-corrected chi connectivity index (χ1v) is 16.5. The molecule has 1 aliphatic carbocycles. The lowest BCUT2D eigenvalue weighted by atomic mass is 9.63. The Bertz CT molecular complexity index is 1750. The van der Waals surface area contributed by atoms with E-state index in [1.54, 1.807) is 19.9 Å². The number of carbonyl (C=O) groups is 4. The number of methoxy groups -OCH3 is 1. The molecule has 1 aromatic carbocycles. The third-order valence-corrected chi connectivity index (χ3v) is 9.81. The minimum Gasteiger partial charge on any atom is -0.464 e. The quantitative estimate of drug-likeness (QED) is 0.279. The summed E-state index contributed by atoms with van der Waals surface area (Å²) in [4.78, 5) is 63.4. The number of fused-ring (bicyclic) bond motifs is 4. The smallest absolute Gasteiger partial charge is 0.360 e. The van der Waals surface area contributed by atoms with Crippen LogP contribution in [0.4, 0.5) is 5.69 Å². The molecule has 0 spiro atoms. The molecule has 0 saturated heterocycles. The molecule has 1 fully saturated rings. The molecule has 4 N–H and O–H groups in total. The van der Waals surface area contributed by atoms with Crippen molar-refractivity contribution in [1.82, 2.24) is 20.6 Å². The molecule has 0 radical (unpaired) electrons. The van der Waals surface area contributed by atoms with Crippen molar-refractivity contribution in [2.24, 2.45) is 17.3 Å². The monoisotopic (exact) mass is 661 g/mol. The number of aromatic nitrogens is 2. The fourth-order valence-corrected chi connectivity index (χ4v) is 7.20. The lowest BCUT2D eigenvalue weighted by Crippen LogP contribution is -2.53. The molecule has 2 aromatic heterocycles. The fraction of sp³-hybridized carbons (Fsp3) is 0.543. The van der Waals surface area contributed by atoms with Crippen molar-refractivity contribution in [3.8, 4) is 11.6 Å². The highest BCUT2D eigenvalue weighted by Gasteiger charge is 2.58. The van der Waals surface area contributed by atoms with Crippen LogP contribution in [0, 0.1) is 17.3 Å². The van der Waals surface area contributed by atoms with Gasteiger partial charge in [0.1, 0.15) is 29.9 Å². The van der Waals surface area contributed by atoms with Crippen LogP contribution in [-0.4, -0.2) is 58.0 Å². The second-order valence-electron chi connectivity index (χ2n) is 14.5. The van der Waals surface area contributed by atoms with Gasteiger partial charge in [0.05, 0.1) is 7.11 Å². The van der Waals surface area contributed by atoms with Gasteiger partial charge in [0, 0.05) is 12.1 Å². The van der Waals surface area contributed by atoms with Crippen LogP contribution in [-0.2, 0) is 31.0 Å². The SMILES string of the molecule is COC(=O)c1coc(-c2nc3oc2[C@@]2(C4CCCCC4)C(=O)Nc4ccc(cc42)C[C@H](NC(=O)[C@@H](O)C(C)C)C(=O)N[C@H]3C(C)(C)C)n1. The van der Waals surface area contributed by atoms with Gasteiger partial charge < -0.3 is 34.6 Å². The average Bonchev–Trinajstić information content (AvgIpc) is 3.77. The number of rotatable bonds is 6. The highest BCUT2D eigenvalue weighted by atomic mass is 16.5. The van der Waals surface area contributed by atoms with E-state index in [0.717, 1.165) is 32.1 Å². The van der Waals surface area contributed by atoms with Gasteiger partial charge in [0.25, 0.3) is 0 Å². The van der Waals surface area contributed by atoms with Gasteiger partial charge in [-0.25, -0.2) is 14.8 Å².